The largest absolute Gasteiger partial charge is 0.493 e. The molecule has 0 saturated heterocycles. The Morgan fingerprint density at radius 1 is 1.04 bits per heavy atom. The maximum atomic E-state index is 12.6. The molecule has 0 unspecified atom stereocenters. The van der Waals surface area contributed by atoms with Crippen LogP contribution >= 0.6 is 0 Å². The van der Waals surface area contributed by atoms with E-state index in [-0.39, 0.29) is 18.3 Å². The summed E-state index contributed by atoms with van der Waals surface area (Å²) in [5, 5.41) is 3.89. The van der Waals surface area contributed by atoms with E-state index in [0.29, 0.717) is 17.3 Å². The molecule has 0 saturated carbocycles. The van der Waals surface area contributed by atoms with Crippen molar-refractivity contribution in [2.24, 2.45) is 7.05 Å². The molecule has 0 aliphatic carbocycles. The number of hydrogen-bond donors (Lipinski definition) is 1. The van der Waals surface area contributed by atoms with Gasteiger partial charge in [0.1, 0.15) is 12.4 Å². The molecular weight excluding hydrogens is 356 g/mol. The molecule has 142 valence electrons. The van der Waals surface area contributed by atoms with E-state index in [1.54, 1.807) is 19.2 Å². The number of methoxy groups -OCH3 is 1. The van der Waals surface area contributed by atoms with Gasteiger partial charge in [-0.2, -0.15) is 0 Å². The predicted molar refractivity (Wildman–Crippen MR) is 107 cm³/mol. The number of furan rings is 1. The van der Waals surface area contributed by atoms with Crippen LogP contribution in [0.25, 0.3) is 10.9 Å². The fraction of sp³-hybridized carbons (Fsp3) is 0.136. The Kier molecular flexibility index (Phi) is 4.76. The number of aryl methyl sites for hydroxylation is 1. The molecule has 28 heavy (non-hydrogen) atoms. The maximum absolute atomic E-state index is 12.6. The summed E-state index contributed by atoms with van der Waals surface area (Å²) in [4.78, 5) is 12.6. The Morgan fingerprint density at radius 3 is 2.68 bits per heavy atom. The van der Waals surface area contributed by atoms with Crippen molar-refractivity contribution in [3.63, 3.8) is 0 Å². The number of aromatic nitrogens is 1. The average molecular weight is 376 g/mol. The smallest absolute Gasteiger partial charge is 0.291 e. The van der Waals surface area contributed by atoms with Gasteiger partial charge in [0, 0.05) is 24.1 Å². The lowest BCUT2D eigenvalue weighted by Gasteiger charge is -2.09. The lowest BCUT2D eigenvalue weighted by molar-refractivity contribution is 0.0992. The van der Waals surface area contributed by atoms with Crippen molar-refractivity contribution in [1.29, 1.82) is 0 Å². The first kappa shape index (κ1) is 17.7. The summed E-state index contributed by atoms with van der Waals surface area (Å²) < 4.78 is 18.6. The van der Waals surface area contributed by atoms with Crippen molar-refractivity contribution in [3.05, 3.63) is 78.4 Å². The highest BCUT2D eigenvalue weighted by Gasteiger charge is 2.14. The SMILES string of the molecule is COc1ccccc1OCc1ccc(C(=O)Nc2cccc3c2ccn3C)o1. The van der Waals surface area contributed by atoms with Gasteiger partial charge in [0.2, 0.25) is 0 Å². The Labute approximate surface area is 162 Å². The van der Waals surface area contributed by atoms with Crippen LogP contribution in [0.1, 0.15) is 16.3 Å². The third kappa shape index (κ3) is 3.44. The van der Waals surface area contributed by atoms with Crippen LogP contribution in [0.5, 0.6) is 11.5 Å². The van der Waals surface area contributed by atoms with Crippen LogP contribution in [-0.2, 0) is 13.7 Å². The van der Waals surface area contributed by atoms with E-state index in [1.807, 2.05) is 66.3 Å². The Balaban J connectivity index is 1.45. The lowest BCUT2D eigenvalue weighted by Crippen LogP contribution is -2.11. The van der Waals surface area contributed by atoms with Crippen LogP contribution in [-0.4, -0.2) is 17.6 Å². The number of hydrogen-bond acceptors (Lipinski definition) is 4. The Bertz CT molecular complexity index is 1130. The molecule has 0 aliphatic heterocycles. The third-order valence-corrected chi connectivity index (χ3v) is 4.50. The van der Waals surface area contributed by atoms with Gasteiger partial charge in [-0.15, -0.1) is 0 Å². The van der Waals surface area contributed by atoms with Crippen molar-refractivity contribution in [2.75, 3.05) is 12.4 Å². The fourth-order valence-corrected chi connectivity index (χ4v) is 3.06. The molecule has 0 spiro atoms. The van der Waals surface area contributed by atoms with E-state index in [1.165, 1.54) is 0 Å². The Hall–Kier alpha value is -3.67. The molecule has 1 N–H and O–H groups in total. The second kappa shape index (κ2) is 7.52. The van der Waals surface area contributed by atoms with Crippen LogP contribution in [0.3, 0.4) is 0 Å². The van der Waals surface area contributed by atoms with Crippen molar-refractivity contribution >= 4 is 22.5 Å². The van der Waals surface area contributed by atoms with Gasteiger partial charge >= 0.3 is 0 Å². The van der Waals surface area contributed by atoms with Crippen molar-refractivity contribution < 1.29 is 18.7 Å². The summed E-state index contributed by atoms with van der Waals surface area (Å²) in [7, 11) is 3.55. The van der Waals surface area contributed by atoms with Crippen LogP contribution in [0, 0.1) is 0 Å². The van der Waals surface area contributed by atoms with Crippen molar-refractivity contribution in [3.8, 4) is 11.5 Å². The number of anilines is 1. The second-order valence-electron chi connectivity index (χ2n) is 6.32. The minimum absolute atomic E-state index is 0.196. The summed E-state index contributed by atoms with van der Waals surface area (Å²) in [6, 6.07) is 18.5. The molecule has 0 aliphatic rings. The molecule has 0 bridgehead atoms. The first-order chi connectivity index (χ1) is 13.7. The van der Waals surface area contributed by atoms with Crippen LogP contribution in [0.4, 0.5) is 5.69 Å². The molecule has 6 nitrogen and oxygen atoms in total. The first-order valence-corrected chi connectivity index (χ1v) is 8.85. The molecule has 0 radical (unpaired) electrons. The van der Waals surface area contributed by atoms with Gasteiger partial charge in [-0.25, -0.2) is 0 Å². The maximum Gasteiger partial charge on any atom is 0.291 e. The summed E-state index contributed by atoms with van der Waals surface area (Å²) in [5.74, 6) is 1.73. The molecule has 0 fully saturated rings. The number of carbonyl (C=O) groups excluding carboxylic acids is 1. The van der Waals surface area contributed by atoms with E-state index in [9.17, 15) is 4.79 Å². The quantitative estimate of drug-likeness (QED) is 0.534. The average Bonchev–Trinajstić information content (AvgIpc) is 3.34. The summed E-state index contributed by atoms with van der Waals surface area (Å²) in [6.45, 7) is 0.196. The molecule has 4 rings (SSSR count). The molecule has 6 heteroatoms. The van der Waals surface area contributed by atoms with Gasteiger partial charge in [0.15, 0.2) is 17.3 Å². The summed E-state index contributed by atoms with van der Waals surface area (Å²) >= 11 is 0. The van der Waals surface area contributed by atoms with Crippen molar-refractivity contribution in [1.82, 2.24) is 4.57 Å². The fourth-order valence-electron chi connectivity index (χ4n) is 3.06. The first-order valence-electron chi connectivity index (χ1n) is 8.85. The highest BCUT2D eigenvalue weighted by Crippen LogP contribution is 2.27. The monoisotopic (exact) mass is 376 g/mol. The van der Waals surface area contributed by atoms with E-state index in [0.717, 1.165) is 16.6 Å². The molecule has 2 heterocycles. The minimum atomic E-state index is -0.306. The number of rotatable bonds is 6. The van der Waals surface area contributed by atoms with Crippen molar-refractivity contribution in [2.45, 2.75) is 6.61 Å². The molecule has 0 atom stereocenters. The van der Waals surface area contributed by atoms with E-state index >= 15 is 0 Å². The van der Waals surface area contributed by atoms with Gasteiger partial charge in [-0.3, -0.25) is 4.79 Å². The standard InChI is InChI=1S/C22H20N2O4/c1-24-13-12-16-17(6-5-7-18(16)24)23-22(25)21-11-10-15(28-21)14-27-20-9-4-3-8-19(20)26-2/h3-13H,14H2,1-2H3,(H,23,25). The number of nitrogens with one attached hydrogen (secondary N) is 1. The van der Waals surface area contributed by atoms with Crippen LogP contribution < -0.4 is 14.8 Å². The van der Waals surface area contributed by atoms with Gasteiger partial charge in [0.05, 0.1) is 12.8 Å². The zero-order valence-electron chi connectivity index (χ0n) is 15.6. The Morgan fingerprint density at radius 2 is 1.86 bits per heavy atom. The van der Waals surface area contributed by atoms with Gasteiger partial charge < -0.3 is 23.8 Å². The molecular formula is C22H20N2O4. The van der Waals surface area contributed by atoms with E-state index < -0.39 is 0 Å². The zero-order chi connectivity index (χ0) is 19.5. The molecule has 1 amide bonds. The number of carbonyl (C=O) groups is 1. The zero-order valence-corrected chi connectivity index (χ0v) is 15.6. The molecule has 4 aromatic rings. The number of amides is 1. The summed E-state index contributed by atoms with van der Waals surface area (Å²) in [5.41, 5.74) is 1.79. The van der Waals surface area contributed by atoms with E-state index in [4.69, 9.17) is 13.9 Å². The number of benzene rings is 2. The number of nitrogens with zero attached hydrogens (tertiary/aromatic N) is 1. The molecule has 2 aromatic carbocycles. The highest BCUT2D eigenvalue weighted by molar-refractivity contribution is 6.07. The number of para-hydroxylation sites is 2. The van der Waals surface area contributed by atoms with Gasteiger partial charge in [-0.05, 0) is 42.5 Å². The molecule has 2 aromatic heterocycles. The third-order valence-electron chi connectivity index (χ3n) is 4.50. The minimum Gasteiger partial charge on any atom is -0.493 e. The van der Waals surface area contributed by atoms with Gasteiger partial charge in [-0.1, -0.05) is 18.2 Å². The number of fused-ring (bicyclic) bond motifs is 1. The van der Waals surface area contributed by atoms with Crippen LogP contribution in [0.15, 0.2) is 71.3 Å². The normalized spacial score (nSPS) is 10.8. The lowest BCUT2D eigenvalue weighted by atomic mass is 10.2. The topological polar surface area (TPSA) is 65.6 Å². The number of ether oxygens (including phenoxy) is 2. The second-order valence-corrected chi connectivity index (χ2v) is 6.32. The van der Waals surface area contributed by atoms with E-state index in [2.05, 4.69) is 5.32 Å². The predicted octanol–water partition coefficient (Wildman–Crippen LogP) is 4.61. The summed E-state index contributed by atoms with van der Waals surface area (Å²) in [6.07, 6.45) is 1.96. The van der Waals surface area contributed by atoms with Crippen LogP contribution in [0.2, 0.25) is 0 Å². The van der Waals surface area contributed by atoms with Gasteiger partial charge in [0.25, 0.3) is 5.91 Å². The highest BCUT2D eigenvalue weighted by atomic mass is 16.5.